The first-order valence-corrected chi connectivity index (χ1v) is 8.15. The number of H-pyrrole nitrogens is 1. The number of hydrogen-bond donors (Lipinski definition) is 2. The minimum Gasteiger partial charge on any atom is -0.497 e. The molecule has 5 heteroatoms. The number of aromatic amines is 1. The maximum absolute atomic E-state index is 5.53. The van der Waals surface area contributed by atoms with Gasteiger partial charge in [0.25, 0.3) is 0 Å². The van der Waals surface area contributed by atoms with Gasteiger partial charge < -0.3 is 24.5 Å². The summed E-state index contributed by atoms with van der Waals surface area (Å²) in [6.07, 6.45) is 1.00. The molecule has 1 unspecified atom stereocenters. The summed E-state index contributed by atoms with van der Waals surface area (Å²) in [7, 11) is 1.71. The predicted molar refractivity (Wildman–Crippen MR) is 91.0 cm³/mol. The van der Waals surface area contributed by atoms with E-state index in [-0.39, 0.29) is 6.04 Å². The van der Waals surface area contributed by atoms with Crippen molar-refractivity contribution in [3.05, 3.63) is 53.2 Å². The monoisotopic (exact) mass is 322 g/mol. The van der Waals surface area contributed by atoms with Gasteiger partial charge in [-0.05, 0) is 47.9 Å². The van der Waals surface area contributed by atoms with E-state index in [4.69, 9.17) is 14.2 Å². The number of methoxy groups -OCH3 is 1. The second-order valence-electron chi connectivity index (χ2n) is 6.18. The maximum atomic E-state index is 5.53. The van der Waals surface area contributed by atoms with Gasteiger partial charge in [0.2, 0.25) is 6.79 Å². The minimum absolute atomic E-state index is 0.127. The highest BCUT2D eigenvalue weighted by molar-refractivity contribution is 5.86. The van der Waals surface area contributed by atoms with Gasteiger partial charge in [0.1, 0.15) is 5.75 Å². The van der Waals surface area contributed by atoms with Crippen molar-refractivity contribution < 1.29 is 14.2 Å². The summed E-state index contributed by atoms with van der Waals surface area (Å²) in [5.74, 6) is 2.53. The minimum atomic E-state index is 0.127. The van der Waals surface area contributed by atoms with Crippen LogP contribution in [0.25, 0.3) is 10.9 Å². The zero-order chi connectivity index (χ0) is 16.1. The van der Waals surface area contributed by atoms with Crippen LogP contribution in [0.3, 0.4) is 0 Å². The van der Waals surface area contributed by atoms with Crippen LogP contribution in [0.4, 0.5) is 0 Å². The van der Waals surface area contributed by atoms with Crippen LogP contribution in [-0.4, -0.2) is 25.4 Å². The summed E-state index contributed by atoms with van der Waals surface area (Å²) < 4.78 is 16.3. The lowest BCUT2D eigenvalue weighted by Crippen LogP contribution is -2.30. The van der Waals surface area contributed by atoms with Gasteiger partial charge in [-0.15, -0.1) is 0 Å². The molecule has 2 aliphatic rings. The van der Waals surface area contributed by atoms with E-state index in [1.165, 1.54) is 22.2 Å². The molecule has 2 N–H and O–H groups in total. The summed E-state index contributed by atoms with van der Waals surface area (Å²) in [6, 6.07) is 12.5. The first kappa shape index (κ1) is 13.7. The standard InChI is InChI=1S/C19H18N2O3/c1-22-12-3-4-15-14(9-12)13-6-7-20-18(19(13)21-15)11-2-5-16-17(8-11)24-10-23-16/h2-5,8-9,18,20-21H,6-7,10H2,1H3. The van der Waals surface area contributed by atoms with Crippen LogP contribution in [-0.2, 0) is 6.42 Å². The van der Waals surface area contributed by atoms with Gasteiger partial charge in [-0.2, -0.15) is 0 Å². The fourth-order valence-corrected chi connectivity index (χ4v) is 3.71. The smallest absolute Gasteiger partial charge is 0.231 e. The highest BCUT2D eigenvalue weighted by Crippen LogP contribution is 2.39. The van der Waals surface area contributed by atoms with Crippen LogP contribution < -0.4 is 19.5 Å². The van der Waals surface area contributed by atoms with E-state index in [0.717, 1.165) is 35.7 Å². The number of ether oxygens (including phenoxy) is 3. The highest BCUT2D eigenvalue weighted by atomic mass is 16.7. The molecule has 1 aromatic heterocycles. The van der Waals surface area contributed by atoms with Crippen LogP contribution in [0.5, 0.6) is 17.2 Å². The Morgan fingerprint density at radius 3 is 2.92 bits per heavy atom. The summed E-state index contributed by atoms with van der Waals surface area (Å²) in [4.78, 5) is 3.59. The van der Waals surface area contributed by atoms with E-state index in [9.17, 15) is 0 Å². The van der Waals surface area contributed by atoms with Crippen LogP contribution in [0, 0.1) is 0 Å². The molecule has 1 atom stereocenters. The molecule has 0 radical (unpaired) electrons. The molecule has 2 aromatic carbocycles. The Morgan fingerprint density at radius 1 is 1.08 bits per heavy atom. The topological polar surface area (TPSA) is 55.5 Å². The largest absolute Gasteiger partial charge is 0.497 e. The number of rotatable bonds is 2. The Kier molecular flexibility index (Phi) is 2.97. The Bertz CT molecular complexity index is 932. The Hall–Kier alpha value is -2.66. The molecule has 24 heavy (non-hydrogen) atoms. The molecule has 0 saturated heterocycles. The van der Waals surface area contributed by atoms with Gasteiger partial charge >= 0.3 is 0 Å². The van der Waals surface area contributed by atoms with Gasteiger partial charge in [0.05, 0.1) is 13.2 Å². The van der Waals surface area contributed by atoms with E-state index in [2.05, 4.69) is 34.6 Å². The number of nitrogens with one attached hydrogen (secondary N) is 2. The fraction of sp³-hybridized carbons (Fsp3) is 0.263. The van der Waals surface area contributed by atoms with E-state index in [1.54, 1.807) is 7.11 Å². The third kappa shape index (κ3) is 1.98. The molecule has 5 nitrogen and oxygen atoms in total. The number of fused-ring (bicyclic) bond motifs is 4. The second kappa shape index (κ2) is 5.18. The molecule has 3 heterocycles. The summed E-state index contributed by atoms with van der Waals surface area (Å²) in [6.45, 7) is 1.24. The first-order chi connectivity index (χ1) is 11.8. The average Bonchev–Trinajstić information content (AvgIpc) is 3.24. The molecule has 0 spiro atoms. The van der Waals surface area contributed by atoms with Crippen molar-refractivity contribution in [1.29, 1.82) is 0 Å². The van der Waals surface area contributed by atoms with Gasteiger partial charge in [-0.3, -0.25) is 0 Å². The number of hydrogen-bond acceptors (Lipinski definition) is 4. The van der Waals surface area contributed by atoms with Crippen LogP contribution in [0.1, 0.15) is 22.9 Å². The van der Waals surface area contributed by atoms with E-state index in [0.29, 0.717) is 6.79 Å². The molecule has 2 aliphatic heterocycles. The molecular weight excluding hydrogens is 304 g/mol. The predicted octanol–water partition coefficient (Wildman–Crippen LogP) is 3.14. The lowest BCUT2D eigenvalue weighted by Gasteiger charge is -2.25. The third-order valence-corrected chi connectivity index (χ3v) is 4.89. The molecule has 3 aromatic rings. The quantitative estimate of drug-likeness (QED) is 0.761. The van der Waals surface area contributed by atoms with Crippen LogP contribution >= 0.6 is 0 Å². The van der Waals surface area contributed by atoms with Crippen molar-refractivity contribution in [3.8, 4) is 17.2 Å². The maximum Gasteiger partial charge on any atom is 0.231 e. The molecule has 0 fully saturated rings. The normalized spacial score (nSPS) is 18.6. The van der Waals surface area contributed by atoms with E-state index >= 15 is 0 Å². The summed E-state index contributed by atoms with van der Waals surface area (Å²) in [5.41, 5.74) is 4.92. The zero-order valence-corrected chi connectivity index (χ0v) is 13.4. The number of aromatic nitrogens is 1. The SMILES string of the molecule is COc1ccc2[nH]c3c(c2c1)CCNC3c1ccc2c(c1)OCO2. The molecule has 5 rings (SSSR count). The Morgan fingerprint density at radius 2 is 2.00 bits per heavy atom. The van der Waals surface area contributed by atoms with Crippen LogP contribution in [0.15, 0.2) is 36.4 Å². The lowest BCUT2D eigenvalue weighted by atomic mass is 9.94. The van der Waals surface area contributed by atoms with Crippen LogP contribution in [0.2, 0.25) is 0 Å². The van der Waals surface area contributed by atoms with Gasteiger partial charge in [-0.25, -0.2) is 0 Å². The summed E-state index contributed by atoms with van der Waals surface area (Å²) >= 11 is 0. The molecule has 0 aliphatic carbocycles. The molecule has 122 valence electrons. The van der Waals surface area contributed by atoms with Crippen molar-refractivity contribution in [2.45, 2.75) is 12.5 Å². The average molecular weight is 322 g/mol. The Balaban J connectivity index is 1.63. The molecule has 0 saturated carbocycles. The molecule has 0 bridgehead atoms. The number of benzene rings is 2. The lowest BCUT2D eigenvalue weighted by molar-refractivity contribution is 0.174. The van der Waals surface area contributed by atoms with Gasteiger partial charge in [0, 0.05) is 23.1 Å². The Labute approximate surface area is 139 Å². The zero-order valence-electron chi connectivity index (χ0n) is 13.4. The van der Waals surface area contributed by atoms with Crippen molar-refractivity contribution in [3.63, 3.8) is 0 Å². The molecule has 0 amide bonds. The molecular formula is C19H18N2O3. The van der Waals surface area contributed by atoms with Crippen molar-refractivity contribution in [2.75, 3.05) is 20.4 Å². The van der Waals surface area contributed by atoms with E-state index in [1.807, 2.05) is 12.1 Å². The van der Waals surface area contributed by atoms with Gasteiger partial charge in [0.15, 0.2) is 11.5 Å². The summed E-state index contributed by atoms with van der Waals surface area (Å²) in [5, 5.41) is 4.86. The third-order valence-electron chi connectivity index (χ3n) is 4.89. The second-order valence-corrected chi connectivity index (χ2v) is 6.18. The first-order valence-electron chi connectivity index (χ1n) is 8.15. The fourth-order valence-electron chi connectivity index (χ4n) is 3.71. The van der Waals surface area contributed by atoms with Crippen molar-refractivity contribution in [2.24, 2.45) is 0 Å². The van der Waals surface area contributed by atoms with Crippen molar-refractivity contribution in [1.82, 2.24) is 10.3 Å². The highest BCUT2D eigenvalue weighted by Gasteiger charge is 2.27. The van der Waals surface area contributed by atoms with Crippen molar-refractivity contribution >= 4 is 10.9 Å². The van der Waals surface area contributed by atoms with Gasteiger partial charge in [-0.1, -0.05) is 6.07 Å². The van der Waals surface area contributed by atoms with E-state index < -0.39 is 0 Å².